The molecule has 0 fully saturated rings. The van der Waals surface area contributed by atoms with Crippen molar-refractivity contribution in [2.24, 2.45) is 0 Å². The molecular weight excluding hydrogens is 204 g/mol. The van der Waals surface area contributed by atoms with E-state index in [2.05, 4.69) is 9.97 Å². The van der Waals surface area contributed by atoms with E-state index < -0.39 is 0 Å². The Labute approximate surface area is 92.9 Å². The zero-order valence-corrected chi connectivity index (χ0v) is 9.56. The SMILES string of the molecule is CC(C)(C)n1cnc2ncc(N)cc2c1=O. The second-order valence-corrected chi connectivity index (χ2v) is 4.73. The highest BCUT2D eigenvalue weighted by Crippen LogP contribution is 2.13. The summed E-state index contributed by atoms with van der Waals surface area (Å²) in [6, 6.07) is 1.61. The first-order valence-corrected chi connectivity index (χ1v) is 5.03. The molecule has 0 atom stereocenters. The number of hydrogen-bond acceptors (Lipinski definition) is 4. The van der Waals surface area contributed by atoms with Crippen molar-refractivity contribution in [2.45, 2.75) is 26.3 Å². The van der Waals surface area contributed by atoms with E-state index in [1.807, 2.05) is 20.8 Å². The van der Waals surface area contributed by atoms with Crippen LogP contribution in [0.25, 0.3) is 11.0 Å². The maximum Gasteiger partial charge on any atom is 0.263 e. The quantitative estimate of drug-likeness (QED) is 0.719. The molecule has 0 aromatic carbocycles. The molecule has 2 aromatic rings. The minimum absolute atomic E-state index is 0.114. The second kappa shape index (κ2) is 3.30. The van der Waals surface area contributed by atoms with Crippen LogP contribution in [0.5, 0.6) is 0 Å². The largest absolute Gasteiger partial charge is 0.397 e. The van der Waals surface area contributed by atoms with Crippen LogP contribution >= 0.6 is 0 Å². The molecule has 0 saturated carbocycles. The molecule has 2 aromatic heterocycles. The van der Waals surface area contributed by atoms with Crippen molar-refractivity contribution in [3.63, 3.8) is 0 Å². The highest BCUT2D eigenvalue weighted by molar-refractivity contribution is 5.76. The Morgan fingerprint density at radius 3 is 2.62 bits per heavy atom. The molecule has 5 nitrogen and oxygen atoms in total. The van der Waals surface area contributed by atoms with Crippen LogP contribution in [0.1, 0.15) is 20.8 Å². The van der Waals surface area contributed by atoms with Crippen LogP contribution in [0.15, 0.2) is 23.4 Å². The van der Waals surface area contributed by atoms with Crippen LogP contribution < -0.4 is 11.3 Å². The van der Waals surface area contributed by atoms with Crippen LogP contribution in [-0.2, 0) is 5.54 Å². The molecule has 0 unspecified atom stereocenters. The number of nitrogens with zero attached hydrogens (tertiary/aromatic N) is 3. The Kier molecular flexibility index (Phi) is 2.18. The standard InChI is InChI=1S/C11H14N4O/c1-11(2,3)15-6-14-9-8(10(15)16)4-7(12)5-13-9/h4-6H,12H2,1-3H3. The fourth-order valence-corrected chi connectivity index (χ4v) is 1.51. The summed E-state index contributed by atoms with van der Waals surface area (Å²) in [7, 11) is 0. The van der Waals surface area contributed by atoms with Gasteiger partial charge in [-0.05, 0) is 26.8 Å². The van der Waals surface area contributed by atoms with Crippen molar-refractivity contribution in [3.05, 3.63) is 28.9 Å². The van der Waals surface area contributed by atoms with E-state index in [0.29, 0.717) is 16.7 Å². The number of pyridine rings is 1. The molecule has 0 aliphatic heterocycles. The lowest BCUT2D eigenvalue weighted by Gasteiger charge is -2.21. The second-order valence-electron chi connectivity index (χ2n) is 4.73. The first-order valence-electron chi connectivity index (χ1n) is 5.03. The van der Waals surface area contributed by atoms with Crippen LogP contribution in [-0.4, -0.2) is 14.5 Å². The van der Waals surface area contributed by atoms with E-state index in [4.69, 9.17) is 5.73 Å². The smallest absolute Gasteiger partial charge is 0.263 e. The Morgan fingerprint density at radius 1 is 1.31 bits per heavy atom. The van der Waals surface area contributed by atoms with Crippen LogP contribution in [0.3, 0.4) is 0 Å². The van der Waals surface area contributed by atoms with Crippen molar-refractivity contribution in [1.29, 1.82) is 0 Å². The van der Waals surface area contributed by atoms with Gasteiger partial charge in [0.1, 0.15) is 6.33 Å². The lowest BCUT2D eigenvalue weighted by Crippen LogP contribution is -2.34. The first kappa shape index (κ1) is 10.6. The van der Waals surface area contributed by atoms with E-state index in [-0.39, 0.29) is 11.1 Å². The summed E-state index contributed by atoms with van der Waals surface area (Å²) in [5.74, 6) is 0. The number of nitrogens with two attached hydrogens (primary N) is 1. The third kappa shape index (κ3) is 1.64. The molecule has 0 saturated heterocycles. The number of anilines is 1. The van der Waals surface area contributed by atoms with Crippen molar-refractivity contribution >= 4 is 16.7 Å². The van der Waals surface area contributed by atoms with Gasteiger partial charge in [-0.3, -0.25) is 9.36 Å². The third-order valence-corrected chi connectivity index (χ3v) is 2.36. The maximum absolute atomic E-state index is 12.2. The van der Waals surface area contributed by atoms with Gasteiger partial charge in [-0.1, -0.05) is 0 Å². The molecule has 5 heteroatoms. The highest BCUT2D eigenvalue weighted by Gasteiger charge is 2.16. The Bertz CT molecular complexity index is 595. The topological polar surface area (TPSA) is 73.8 Å². The van der Waals surface area contributed by atoms with Gasteiger partial charge in [-0.25, -0.2) is 9.97 Å². The number of hydrogen-bond donors (Lipinski definition) is 1. The van der Waals surface area contributed by atoms with Gasteiger partial charge in [0.05, 0.1) is 17.3 Å². The zero-order valence-electron chi connectivity index (χ0n) is 9.56. The lowest BCUT2D eigenvalue weighted by atomic mass is 10.1. The van der Waals surface area contributed by atoms with Gasteiger partial charge < -0.3 is 5.73 Å². The first-order chi connectivity index (χ1) is 7.39. The van der Waals surface area contributed by atoms with E-state index in [0.717, 1.165) is 0 Å². The van der Waals surface area contributed by atoms with Crippen LogP contribution in [0.2, 0.25) is 0 Å². The van der Waals surface area contributed by atoms with E-state index in [1.54, 1.807) is 10.6 Å². The molecule has 2 rings (SSSR count). The summed E-state index contributed by atoms with van der Waals surface area (Å²) in [5.41, 5.74) is 6.10. The van der Waals surface area contributed by atoms with Gasteiger partial charge in [-0.15, -0.1) is 0 Å². The van der Waals surface area contributed by atoms with Crippen LogP contribution in [0, 0.1) is 0 Å². The number of rotatable bonds is 0. The van der Waals surface area contributed by atoms with Crippen LogP contribution in [0.4, 0.5) is 5.69 Å². The average Bonchev–Trinajstić information content (AvgIpc) is 2.17. The van der Waals surface area contributed by atoms with Crippen molar-refractivity contribution in [2.75, 3.05) is 5.73 Å². The Balaban J connectivity index is 2.84. The van der Waals surface area contributed by atoms with Crippen molar-refractivity contribution < 1.29 is 0 Å². The highest BCUT2D eigenvalue weighted by atomic mass is 16.1. The Hall–Kier alpha value is -1.91. The summed E-state index contributed by atoms with van der Waals surface area (Å²) in [6.07, 6.45) is 3.02. The van der Waals surface area contributed by atoms with Gasteiger partial charge in [0.25, 0.3) is 5.56 Å². The molecule has 84 valence electrons. The zero-order chi connectivity index (χ0) is 11.9. The molecule has 0 aliphatic carbocycles. The maximum atomic E-state index is 12.2. The summed E-state index contributed by atoms with van der Waals surface area (Å²) in [5, 5.41) is 0.456. The normalized spacial score (nSPS) is 11.9. The molecule has 16 heavy (non-hydrogen) atoms. The minimum atomic E-state index is -0.303. The predicted octanol–water partition coefficient (Wildman–Crippen LogP) is 1.13. The Morgan fingerprint density at radius 2 is 2.00 bits per heavy atom. The number of nitrogen functional groups attached to an aromatic ring is 1. The molecule has 0 spiro atoms. The van der Waals surface area contributed by atoms with Crippen molar-refractivity contribution in [3.8, 4) is 0 Å². The van der Waals surface area contributed by atoms with Gasteiger partial charge in [-0.2, -0.15) is 0 Å². The van der Waals surface area contributed by atoms with E-state index in [1.165, 1.54) is 12.5 Å². The molecule has 0 amide bonds. The van der Waals surface area contributed by atoms with Gasteiger partial charge in [0.2, 0.25) is 0 Å². The van der Waals surface area contributed by atoms with Gasteiger partial charge >= 0.3 is 0 Å². The molecule has 2 N–H and O–H groups in total. The number of fused-ring (bicyclic) bond motifs is 1. The molecule has 0 bridgehead atoms. The minimum Gasteiger partial charge on any atom is -0.397 e. The van der Waals surface area contributed by atoms with Gasteiger partial charge in [0.15, 0.2) is 5.65 Å². The number of aromatic nitrogens is 3. The summed E-state index contributed by atoms with van der Waals surface area (Å²) in [6.45, 7) is 5.84. The summed E-state index contributed by atoms with van der Waals surface area (Å²) in [4.78, 5) is 20.3. The predicted molar refractivity (Wildman–Crippen MR) is 63.2 cm³/mol. The lowest BCUT2D eigenvalue weighted by molar-refractivity contribution is 0.381. The molecule has 0 aliphatic rings. The summed E-state index contributed by atoms with van der Waals surface area (Å²) >= 11 is 0. The molecular formula is C11H14N4O. The van der Waals surface area contributed by atoms with E-state index >= 15 is 0 Å². The monoisotopic (exact) mass is 218 g/mol. The molecule has 2 heterocycles. The third-order valence-electron chi connectivity index (χ3n) is 2.36. The van der Waals surface area contributed by atoms with Gasteiger partial charge in [0, 0.05) is 5.54 Å². The molecule has 0 radical (unpaired) electrons. The fourth-order valence-electron chi connectivity index (χ4n) is 1.51. The van der Waals surface area contributed by atoms with Crippen molar-refractivity contribution in [1.82, 2.24) is 14.5 Å². The summed E-state index contributed by atoms with van der Waals surface area (Å²) < 4.78 is 1.58. The average molecular weight is 218 g/mol. The van der Waals surface area contributed by atoms with E-state index in [9.17, 15) is 4.79 Å². The fraction of sp³-hybridized carbons (Fsp3) is 0.364.